The predicted octanol–water partition coefficient (Wildman–Crippen LogP) is 2.69. The van der Waals surface area contributed by atoms with E-state index in [0.29, 0.717) is 11.5 Å². The molecule has 0 atom stereocenters. The van der Waals surface area contributed by atoms with Crippen molar-refractivity contribution in [2.45, 2.75) is 4.90 Å². The highest BCUT2D eigenvalue weighted by molar-refractivity contribution is 7.91. The van der Waals surface area contributed by atoms with Crippen molar-refractivity contribution in [1.29, 1.82) is 0 Å². The lowest BCUT2D eigenvalue weighted by molar-refractivity contribution is 0.339. The second-order valence-corrected chi connectivity index (χ2v) is 6.41. The number of hydrogen-bond acceptors (Lipinski definition) is 4. The first-order chi connectivity index (χ1) is 10.0. The van der Waals surface area contributed by atoms with Crippen LogP contribution in [0.25, 0.3) is 0 Å². The highest BCUT2D eigenvalue weighted by Crippen LogP contribution is 2.17. The summed E-state index contributed by atoms with van der Waals surface area (Å²) in [4.78, 5) is 0.0854. The first-order valence-corrected chi connectivity index (χ1v) is 7.92. The number of sulfone groups is 1. The van der Waals surface area contributed by atoms with Gasteiger partial charge < -0.3 is 9.47 Å². The van der Waals surface area contributed by atoms with Crippen molar-refractivity contribution in [3.8, 4) is 11.5 Å². The third-order valence-electron chi connectivity index (χ3n) is 2.85. The number of rotatable bonds is 6. The number of hydrogen-bond donors (Lipinski definition) is 0. The Morgan fingerprint density at radius 1 is 0.952 bits per heavy atom. The maximum Gasteiger partial charge on any atom is 0.181 e. The highest BCUT2D eigenvalue weighted by Gasteiger charge is 2.14. The van der Waals surface area contributed by atoms with Crippen LogP contribution in [-0.2, 0) is 9.84 Å². The Hall–Kier alpha value is -2.08. The topological polar surface area (TPSA) is 52.6 Å². The maximum atomic E-state index is 12.8. The molecular formula is C15H15FO4S. The molecule has 0 spiro atoms. The monoisotopic (exact) mass is 310 g/mol. The van der Waals surface area contributed by atoms with Gasteiger partial charge in [0.1, 0.15) is 23.9 Å². The fraction of sp³-hybridized carbons (Fsp3) is 0.200. The maximum absolute atomic E-state index is 12.8. The van der Waals surface area contributed by atoms with Gasteiger partial charge in [-0.25, -0.2) is 12.8 Å². The summed E-state index contributed by atoms with van der Waals surface area (Å²) >= 11 is 0. The first kappa shape index (κ1) is 15.3. The van der Waals surface area contributed by atoms with Gasteiger partial charge in [-0.05, 0) is 48.5 Å². The van der Waals surface area contributed by atoms with E-state index >= 15 is 0 Å². The van der Waals surface area contributed by atoms with E-state index in [4.69, 9.17) is 9.47 Å². The molecule has 0 aromatic heterocycles. The standard InChI is InChI=1S/C15H15FO4S/c1-19-13-4-6-14(7-5-13)20-10-11-21(17,18)15-8-2-12(16)3-9-15/h2-9H,10-11H2,1H3. The van der Waals surface area contributed by atoms with Crippen LogP contribution in [0.15, 0.2) is 53.4 Å². The molecule has 21 heavy (non-hydrogen) atoms. The molecule has 0 radical (unpaired) electrons. The van der Waals surface area contributed by atoms with E-state index in [1.807, 2.05) is 0 Å². The summed E-state index contributed by atoms with van der Waals surface area (Å²) in [6.45, 7) is 0.0199. The molecule has 0 aliphatic heterocycles. The van der Waals surface area contributed by atoms with Gasteiger partial charge in [0.25, 0.3) is 0 Å². The summed E-state index contributed by atoms with van der Waals surface area (Å²) in [7, 11) is -1.92. The quantitative estimate of drug-likeness (QED) is 0.770. The zero-order valence-corrected chi connectivity index (χ0v) is 12.3. The van der Waals surface area contributed by atoms with Crippen molar-refractivity contribution < 1.29 is 22.3 Å². The zero-order valence-electron chi connectivity index (χ0n) is 11.5. The molecule has 0 fully saturated rings. The fourth-order valence-electron chi connectivity index (χ4n) is 1.70. The van der Waals surface area contributed by atoms with Crippen LogP contribution < -0.4 is 9.47 Å². The average Bonchev–Trinajstić information content (AvgIpc) is 2.48. The van der Waals surface area contributed by atoms with Crippen molar-refractivity contribution in [2.75, 3.05) is 19.5 Å². The van der Waals surface area contributed by atoms with Gasteiger partial charge in [-0.3, -0.25) is 0 Å². The Bertz CT molecular complexity index is 679. The van der Waals surface area contributed by atoms with E-state index in [-0.39, 0.29) is 17.3 Å². The van der Waals surface area contributed by atoms with Gasteiger partial charge >= 0.3 is 0 Å². The van der Waals surface area contributed by atoms with Crippen LogP contribution in [0.1, 0.15) is 0 Å². The van der Waals surface area contributed by atoms with Crippen LogP contribution in [0, 0.1) is 5.82 Å². The molecule has 0 bridgehead atoms. The van der Waals surface area contributed by atoms with E-state index in [0.717, 1.165) is 12.1 Å². The molecule has 0 amide bonds. The van der Waals surface area contributed by atoms with Gasteiger partial charge in [-0.15, -0.1) is 0 Å². The summed E-state index contributed by atoms with van der Waals surface area (Å²) in [5.41, 5.74) is 0. The number of halogens is 1. The average molecular weight is 310 g/mol. The van der Waals surface area contributed by atoms with Crippen molar-refractivity contribution in [1.82, 2.24) is 0 Å². The second-order valence-electron chi connectivity index (χ2n) is 4.30. The molecule has 2 aromatic carbocycles. The van der Waals surface area contributed by atoms with Crippen molar-refractivity contribution in [3.63, 3.8) is 0 Å². The summed E-state index contributed by atoms with van der Waals surface area (Å²) in [6.07, 6.45) is 0. The molecule has 0 N–H and O–H groups in total. The van der Waals surface area contributed by atoms with E-state index in [9.17, 15) is 12.8 Å². The van der Waals surface area contributed by atoms with Gasteiger partial charge in [-0.2, -0.15) is 0 Å². The van der Waals surface area contributed by atoms with Crippen LogP contribution in [0.3, 0.4) is 0 Å². The molecule has 6 heteroatoms. The molecule has 0 aliphatic carbocycles. The first-order valence-electron chi connectivity index (χ1n) is 6.26. The van der Waals surface area contributed by atoms with Gasteiger partial charge in [0.05, 0.1) is 17.8 Å². The lowest BCUT2D eigenvalue weighted by Crippen LogP contribution is -2.14. The predicted molar refractivity (Wildman–Crippen MR) is 76.9 cm³/mol. The Balaban J connectivity index is 1.93. The minimum absolute atomic E-state index is 0.0199. The number of ether oxygens (including phenoxy) is 2. The van der Waals surface area contributed by atoms with Crippen molar-refractivity contribution >= 4 is 9.84 Å². The SMILES string of the molecule is COc1ccc(OCCS(=O)(=O)c2ccc(F)cc2)cc1. The van der Waals surface area contributed by atoms with Gasteiger partial charge in [0.2, 0.25) is 0 Å². The molecule has 0 heterocycles. The normalized spacial score (nSPS) is 11.1. The van der Waals surface area contributed by atoms with Crippen LogP contribution in [-0.4, -0.2) is 27.9 Å². The van der Waals surface area contributed by atoms with E-state index in [1.165, 1.54) is 12.1 Å². The number of benzene rings is 2. The highest BCUT2D eigenvalue weighted by atomic mass is 32.2. The van der Waals surface area contributed by atoms with E-state index in [1.54, 1.807) is 31.4 Å². The fourth-order valence-corrected chi connectivity index (χ4v) is 2.79. The minimum Gasteiger partial charge on any atom is -0.497 e. The molecule has 0 aliphatic rings. The molecule has 112 valence electrons. The van der Waals surface area contributed by atoms with E-state index in [2.05, 4.69) is 0 Å². The molecule has 2 rings (SSSR count). The lowest BCUT2D eigenvalue weighted by atomic mass is 10.3. The molecule has 0 unspecified atom stereocenters. The molecule has 4 nitrogen and oxygen atoms in total. The zero-order chi connectivity index (χ0) is 15.3. The van der Waals surface area contributed by atoms with Crippen LogP contribution >= 0.6 is 0 Å². The van der Waals surface area contributed by atoms with E-state index < -0.39 is 15.7 Å². The van der Waals surface area contributed by atoms with Gasteiger partial charge in [-0.1, -0.05) is 0 Å². The lowest BCUT2D eigenvalue weighted by Gasteiger charge is -2.08. The summed E-state index contributed by atoms with van der Waals surface area (Å²) < 4.78 is 47.2. The summed E-state index contributed by atoms with van der Waals surface area (Å²) in [5, 5.41) is 0. The largest absolute Gasteiger partial charge is 0.497 e. The number of methoxy groups -OCH3 is 1. The van der Waals surface area contributed by atoms with Gasteiger partial charge in [0, 0.05) is 0 Å². The van der Waals surface area contributed by atoms with Crippen molar-refractivity contribution in [3.05, 3.63) is 54.3 Å². The minimum atomic E-state index is -3.48. The summed E-state index contributed by atoms with van der Waals surface area (Å²) in [5.74, 6) is 0.611. The van der Waals surface area contributed by atoms with Crippen LogP contribution in [0.2, 0.25) is 0 Å². The molecule has 2 aromatic rings. The smallest absolute Gasteiger partial charge is 0.181 e. The summed E-state index contributed by atoms with van der Waals surface area (Å²) in [6, 6.07) is 11.6. The Morgan fingerprint density at radius 3 is 2.10 bits per heavy atom. The molecule has 0 saturated carbocycles. The molecule has 0 saturated heterocycles. The Kier molecular flexibility index (Phi) is 4.80. The second kappa shape index (κ2) is 6.58. The third kappa shape index (κ3) is 4.19. The van der Waals surface area contributed by atoms with Crippen LogP contribution in [0.4, 0.5) is 4.39 Å². The van der Waals surface area contributed by atoms with Gasteiger partial charge in [0.15, 0.2) is 9.84 Å². The Labute approximate surface area is 123 Å². The third-order valence-corrected chi connectivity index (χ3v) is 4.55. The molecular weight excluding hydrogens is 295 g/mol. The Morgan fingerprint density at radius 2 is 1.52 bits per heavy atom. The van der Waals surface area contributed by atoms with Crippen molar-refractivity contribution in [2.24, 2.45) is 0 Å². The van der Waals surface area contributed by atoms with Crippen LogP contribution in [0.5, 0.6) is 11.5 Å².